The fourth-order valence-electron chi connectivity index (χ4n) is 5.52. The van der Waals surface area contributed by atoms with Crippen molar-refractivity contribution in [2.24, 2.45) is 17.8 Å². The SMILES string of the molecule is CC(C)CCC(=O)CC1CCC(CCN2CCN(c3nccc4c3CCO4)CC2)CC1. The Morgan fingerprint density at radius 2 is 1.87 bits per heavy atom. The molecule has 0 spiro atoms. The largest absolute Gasteiger partial charge is 0.493 e. The predicted octanol–water partition coefficient (Wildman–Crippen LogP) is 4.73. The topological polar surface area (TPSA) is 45.7 Å². The first-order valence-corrected chi connectivity index (χ1v) is 12.7. The molecule has 0 aromatic carbocycles. The number of hydrogen-bond acceptors (Lipinski definition) is 5. The molecule has 1 aliphatic carbocycles. The van der Waals surface area contributed by atoms with Crippen LogP contribution < -0.4 is 9.64 Å². The Kier molecular flexibility index (Phi) is 7.86. The van der Waals surface area contributed by atoms with Crippen molar-refractivity contribution in [3.05, 3.63) is 17.8 Å². The zero-order chi connectivity index (χ0) is 21.6. The smallest absolute Gasteiger partial charge is 0.135 e. The minimum Gasteiger partial charge on any atom is -0.493 e. The van der Waals surface area contributed by atoms with E-state index >= 15 is 0 Å². The third kappa shape index (κ3) is 6.21. The molecule has 1 saturated carbocycles. The monoisotopic (exact) mass is 427 g/mol. The molecule has 4 rings (SSSR count). The Morgan fingerprint density at radius 1 is 1.13 bits per heavy atom. The van der Waals surface area contributed by atoms with Gasteiger partial charge in [0.2, 0.25) is 0 Å². The molecule has 0 unspecified atom stereocenters. The molecule has 0 bridgehead atoms. The maximum absolute atomic E-state index is 12.2. The van der Waals surface area contributed by atoms with Crippen molar-refractivity contribution in [1.29, 1.82) is 0 Å². The minimum atomic E-state index is 0.500. The number of Topliss-reactive ketones (excluding diaryl/α,β-unsaturated/α-hetero) is 1. The Bertz CT molecular complexity index is 719. The number of carbonyl (C=O) groups excluding carboxylic acids is 1. The number of fused-ring (bicyclic) bond motifs is 1. The van der Waals surface area contributed by atoms with Crippen LogP contribution in [0.1, 0.15) is 70.8 Å². The van der Waals surface area contributed by atoms with Gasteiger partial charge in [-0.3, -0.25) is 9.69 Å². The number of hydrogen-bond donors (Lipinski definition) is 0. The fourth-order valence-corrected chi connectivity index (χ4v) is 5.52. The van der Waals surface area contributed by atoms with Crippen LogP contribution in [0, 0.1) is 17.8 Å². The van der Waals surface area contributed by atoms with Gasteiger partial charge in [0.05, 0.1) is 6.61 Å². The molecule has 0 N–H and O–H groups in total. The Labute approximate surface area is 188 Å². The molecule has 2 aliphatic heterocycles. The molecule has 2 fully saturated rings. The van der Waals surface area contributed by atoms with E-state index in [0.29, 0.717) is 17.6 Å². The number of aromatic nitrogens is 1. The number of nitrogens with zero attached hydrogens (tertiary/aromatic N) is 3. The van der Waals surface area contributed by atoms with Gasteiger partial charge in [0.15, 0.2) is 0 Å². The lowest BCUT2D eigenvalue weighted by molar-refractivity contribution is -0.120. The van der Waals surface area contributed by atoms with E-state index in [0.717, 1.165) is 76.0 Å². The van der Waals surface area contributed by atoms with Crippen molar-refractivity contribution in [1.82, 2.24) is 9.88 Å². The van der Waals surface area contributed by atoms with Gasteiger partial charge >= 0.3 is 0 Å². The van der Waals surface area contributed by atoms with Crippen LogP contribution in [0.15, 0.2) is 12.3 Å². The number of anilines is 1. The molecule has 0 radical (unpaired) electrons. The zero-order valence-corrected chi connectivity index (χ0v) is 19.7. The Balaban J connectivity index is 1.13. The molecule has 31 heavy (non-hydrogen) atoms. The normalized spacial score (nSPS) is 24.3. The second-order valence-corrected chi connectivity index (χ2v) is 10.4. The summed E-state index contributed by atoms with van der Waals surface area (Å²) in [5.74, 6) is 4.83. The van der Waals surface area contributed by atoms with E-state index < -0.39 is 0 Å². The van der Waals surface area contributed by atoms with Crippen LogP contribution in [-0.2, 0) is 11.2 Å². The van der Waals surface area contributed by atoms with Gasteiger partial charge in [-0.1, -0.05) is 26.7 Å². The van der Waals surface area contributed by atoms with E-state index in [1.54, 1.807) is 0 Å². The molecule has 5 heteroatoms. The molecule has 3 aliphatic rings. The zero-order valence-electron chi connectivity index (χ0n) is 19.7. The number of ether oxygens (including phenoxy) is 1. The van der Waals surface area contributed by atoms with Gasteiger partial charge in [-0.25, -0.2) is 4.98 Å². The number of piperazine rings is 1. The summed E-state index contributed by atoms with van der Waals surface area (Å²) in [7, 11) is 0. The second-order valence-electron chi connectivity index (χ2n) is 10.4. The van der Waals surface area contributed by atoms with Crippen LogP contribution >= 0.6 is 0 Å². The second kappa shape index (κ2) is 10.8. The summed E-state index contributed by atoms with van der Waals surface area (Å²) in [6, 6.07) is 2.00. The van der Waals surface area contributed by atoms with E-state index in [-0.39, 0.29) is 0 Å². The summed E-state index contributed by atoms with van der Waals surface area (Å²) in [6.45, 7) is 10.8. The molecule has 0 atom stereocenters. The van der Waals surface area contributed by atoms with Gasteiger partial charge in [-0.15, -0.1) is 0 Å². The van der Waals surface area contributed by atoms with E-state index in [9.17, 15) is 4.79 Å². The highest BCUT2D eigenvalue weighted by molar-refractivity contribution is 5.78. The summed E-state index contributed by atoms with van der Waals surface area (Å²) < 4.78 is 5.71. The van der Waals surface area contributed by atoms with Crippen molar-refractivity contribution < 1.29 is 9.53 Å². The van der Waals surface area contributed by atoms with E-state index in [2.05, 4.69) is 28.6 Å². The summed E-state index contributed by atoms with van der Waals surface area (Å²) in [5, 5.41) is 0. The van der Waals surface area contributed by atoms with Gasteiger partial charge in [-0.05, 0) is 56.0 Å². The first-order valence-electron chi connectivity index (χ1n) is 12.7. The first-order chi connectivity index (χ1) is 15.1. The van der Waals surface area contributed by atoms with Crippen molar-refractivity contribution in [3.8, 4) is 5.75 Å². The summed E-state index contributed by atoms with van der Waals surface area (Å²) in [5.41, 5.74) is 1.30. The number of ketones is 1. The van der Waals surface area contributed by atoms with Crippen LogP contribution in [0.4, 0.5) is 5.82 Å². The van der Waals surface area contributed by atoms with Crippen LogP contribution in [0.25, 0.3) is 0 Å². The van der Waals surface area contributed by atoms with Gasteiger partial charge in [0.25, 0.3) is 0 Å². The minimum absolute atomic E-state index is 0.500. The lowest BCUT2D eigenvalue weighted by atomic mass is 9.78. The number of carbonyl (C=O) groups is 1. The van der Waals surface area contributed by atoms with Gasteiger partial charge < -0.3 is 9.64 Å². The lowest BCUT2D eigenvalue weighted by Gasteiger charge is -2.37. The van der Waals surface area contributed by atoms with E-state index in [1.165, 1.54) is 44.2 Å². The predicted molar refractivity (Wildman–Crippen MR) is 126 cm³/mol. The highest BCUT2D eigenvalue weighted by atomic mass is 16.5. The average molecular weight is 428 g/mol. The fraction of sp³-hybridized carbons (Fsp3) is 0.769. The Hall–Kier alpha value is -1.62. The van der Waals surface area contributed by atoms with Crippen molar-refractivity contribution in [2.45, 2.75) is 71.6 Å². The summed E-state index contributed by atoms with van der Waals surface area (Å²) >= 11 is 0. The molecule has 3 heterocycles. The highest BCUT2D eigenvalue weighted by Gasteiger charge is 2.26. The quantitative estimate of drug-likeness (QED) is 0.570. The first kappa shape index (κ1) is 22.6. The van der Waals surface area contributed by atoms with E-state index in [4.69, 9.17) is 4.74 Å². The molecule has 172 valence electrons. The average Bonchev–Trinajstić information content (AvgIpc) is 3.27. The summed E-state index contributed by atoms with van der Waals surface area (Å²) in [6.07, 6.45) is 12.0. The summed E-state index contributed by atoms with van der Waals surface area (Å²) in [4.78, 5) is 22.0. The van der Waals surface area contributed by atoms with Crippen LogP contribution in [0.5, 0.6) is 5.75 Å². The highest BCUT2D eigenvalue weighted by Crippen LogP contribution is 2.34. The van der Waals surface area contributed by atoms with Crippen LogP contribution in [0.2, 0.25) is 0 Å². The molecular formula is C26H41N3O2. The van der Waals surface area contributed by atoms with Gasteiger partial charge in [0.1, 0.15) is 17.4 Å². The number of pyridine rings is 1. The number of rotatable bonds is 9. The molecule has 1 aromatic rings. The molecule has 1 aromatic heterocycles. The molecular weight excluding hydrogens is 386 g/mol. The van der Waals surface area contributed by atoms with Crippen LogP contribution in [-0.4, -0.2) is 55.0 Å². The standard InChI is InChI=1S/C26H41N3O2/c1-20(2)3-8-23(30)19-22-6-4-21(5-7-22)10-13-28-14-16-29(17-15-28)26-24-11-18-31-25(24)9-12-27-26/h9,12,20-22H,3-8,10-11,13-19H2,1-2H3. The van der Waals surface area contributed by atoms with E-state index in [1.807, 2.05) is 12.3 Å². The molecule has 0 amide bonds. The van der Waals surface area contributed by atoms with Crippen molar-refractivity contribution in [2.75, 3.05) is 44.2 Å². The van der Waals surface area contributed by atoms with Crippen molar-refractivity contribution >= 4 is 11.6 Å². The van der Waals surface area contributed by atoms with Crippen LogP contribution in [0.3, 0.4) is 0 Å². The lowest BCUT2D eigenvalue weighted by Crippen LogP contribution is -2.47. The third-order valence-corrected chi connectivity index (χ3v) is 7.61. The van der Waals surface area contributed by atoms with Gasteiger partial charge in [0, 0.05) is 57.2 Å². The van der Waals surface area contributed by atoms with Crippen molar-refractivity contribution in [3.63, 3.8) is 0 Å². The maximum atomic E-state index is 12.2. The maximum Gasteiger partial charge on any atom is 0.135 e. The Morgan fingerprint density at radius 3 is 2.61 bits per heavy atom. The third-order valence-electron chi connectivity index (χ3n) is 7.61. The molecule has 5 nitrogen and oxygen atoms in total. The molecule has 1 saturated heterocycles. The van der Waals surface area contributed by atoms with Gasteiger partial charge in [-0.2, -0.15) is 0 Å².